The van der Waals surface area contributed by atoms with Crippen LogP contribution in [0, 0.1) is 0 Å². The lowest BCUT2D eigenvalue weighted by molar-refractivity contribution is -0.111. The van der Waals surface area contributed by atoms with Crippen LogP contribution in [-0.4, -0.2) is 19.0 Å². The summed E-state index contributed by atoms with van der Waals surface area (Å²) in [7, 11) is 1.35. The van der Waals surface area contributed by atoms with Crippen molar-refractivity contribution in [3.63, 3.8) is 0 Å². The van der Waals surface area contributed by atoms with Gasteiger partial charge in [-0.15, -0.1) is 11.3 Å². The highest BCUT2D eigenvalue weighted by molar-refractivity contribution is 7.15. The van der Waals surface area contributed by atoms with E-state index in [0.717, 1.165) is 29.5 Å². The second-order valence-electron chi connectivity index (χ2n) is 7.41. The van der Waals surface area contributed by atoms with Gasteiger partial charge in [-0.1, -0.05) is 41.9 Å². The van der Waals surface area contributed by atoms with E-state index in [1.165, 1.54) is 48.5 Å². The number of aryl methyl sites for hydroxylation is 2. The number of hydrogen-bond acceptors (Lipinski definition) is 4. The number of hydrogen-bond donors (Lipinski definition) is 1. The zero-order valence-corrected chi connectivity index (χ0v) is 18.7. The molecule has 3 aromatic rings. The van der Waals surface area contributed by atoms with Gasteiger partial charge in [0.1, 0.15) is 10.6 Å². The lowest BCUT2D eigenvalue weighted by Gasteiger charge is -2.16. The van der Waals surface area contributed by atoms with E-state index in [0.29, 0.717) is 15.6 Å². The minimum atomic E-state index is -0.467. The topological polar surface area (TPSA) is 55.4 Å². The Morgan fingerprint density at radius 2 is 1.81 bits per heavy atom. The number of esters is 1. The molecule has 0 unspecified atom stereocenters. The molecular weight excluding hydrogens is 430 g/mol. The Bertz CT molecular complexity index is 1150. The van der Waals surface area contributed by atoms with Crippen molar-refractivity contribution in [2.75, 3.05) is 12.4 Å². The van der Waals surface area contributed by atoms with Gasteiger partial charge >= 0.3 is 5.97 Å². The van der Waals surface area contributed by atoms with Gasteiger partial charge in [-0.05, 0) is 66.1 Å². The molecule has 4 rings (SSSR count). The standard InChI is InChI=1S/C25H22ClNO3S/c1-30-25(29)23-21(19-10-9-17-4-2-3-5-18(17)14-19)15-31-24(23)27-22(28)13-8-16-6-11-20(26)12-7-16/h6-15H,2-5H2,1H3,(H,27,28)/b13-8+. The zero-order chi connectivity index (χ0) is 21.8. The number of halogens is 1. The summed E-state index contributed by atoms with van der Waals surface area (Å²) in [4.78, 5) is 25.1. The number of anilines is 1. The van der Waals surface area contributed by atoms with Crippen molar-refractivity contribution in [3.8, 4) is 11.1 Å². The van der Waals surface area contributed by atoms with Crippen LogP contribution in [0.4, 0.5) is 5.00 Å². The first kappa shape index (κ1) is 21.3. The molecule has 4 nitrogen and oxygen atoms in total. The molecule has 1 aliphatic rings. The van der Waals surface area contributed by atoms with Crippen molar-refractivity contribution in [2.45, 2.75) is 25.7 Å². The highest BCUT2D eigenvalue weighted by atomic mass is 35.5. The second kappa shape index (κ2) is 9.50. The summed E-state index contributed by atoms with van der Waals surface area (Å²) < 4.78 is 5.02. The Labute approximate surface area is 190 Å². The quantitative estimate of drug-likeness (QED) is 0.361. The maximum Gasteiger partial charge on any atom is 0.341 e. The Morgan fingerprint density at radius 3 is 2.55 bits per heavy atom. The van der Waals surface area contributed by atoms with Crippen LogP contribution < -0.4 is 5.32 Å². The molecule has 0 bridgehead atoms. The lowest BCUT2D eigenvalue weighted by Crippen LogP contribution is -2.11. The molecule has 1 amide bonds. The summed E-state index contributed by atoms with van der Waals surface area (Å²) in [6.45, 7) is 0. The molecular formula is C25H22ClNO3S. The molecule has 0 fully saturated rings. The van der Waals surface area contributed by atoms with Gasteiger partial charge in [-0.25, -0.2) is 4.79 Å². The summed E-state index contributed by atoms with van der Waals surface area (Å²) in [5, 5.41) is 5.84. The number of nitrogens with one attached hydrogen (secondary N) is 1. The molecule has 2 aromatic carbocycles. The van der Waals surface area contributed by atoms with Crippen molar-refractivity contribution in [2.24, 2.45) is 0 Å². The van der Waals surface area contributed by atoms with E-state index in [-0.39, 0.29) is 5.91 Å². The third-order valence-electron chi connectivity index (χ3n) is 5.37. The number of carbonyl (C=O) groups is 2. The molecule has 0 saturated heterocycles. The second-order valence-corrected chi connectivity index (χ2v) is 8.73. The lowest BCUT2D eigenvalue weighted by atomic mass is 9.89. The van der Waals surface area contributed by atoms with Gasteiger partial charge in [-0.2, -0.15) is 0 Å². The van der Waals surface area contributed by atoms with Crippen molar-refractivity contribution in [1.29, 1.82) is 0 Å². The Kier molecular flexibility index (Phi) is 6.54. The smallest absolute Gasteiger partial charge is 0.341 e. The summed E-state index contributed by atoms with van der Waals surface area (Å²) in [6.07, 6.45) is 7.69. The maximum atomic E-state index is 12.6. The molecule has 0 atom stereocenters. The molecule has 1 aliphatic carbocycles. The average molecular weight is 452 g/mol. The molecule has 0 spiro atoms. The first-order valence-electron chi connectivity index (χ1n) is 10.1. The number of rotatable bonds is 5. The zero-order valence-electron chi connectivity index (χ0n) is 17.1. The fraction of sp³-hybridized carbons (Fsp3) is 0.200. The Balaban J connectivity index is 1.60. The molecule has 158 valence electrons. The van der Waals surface area contributed by atoms with Crippen LogP contribution in [0.1, 0.15) is 39.9 Å². The SMILES string of the molecule is COC(=O)c1c(-c2ccc3c(c2)CCCC3)csc1NC(=O)/C=C/c1ccc(Cl)cc1. The number of thiophene rings is 1. The van der Waals surface area contributed by atoms with Gasteiger partial charge < -0.3 is 10.1 Å². The molecule has 1 heterocycles. The summed E-state index contributed by atoms with van der Waals surface area (Å²) >= 11 is 7.21. The minimum Gasteiger partial charge on any atom is -0.465 e. The molecule has 1 aromatic heterocycles. The van der Waals surface area contributed by atoms with Crippen LogP contribution in [0.5, 0.6) is 0 Å². The third-order valence-corrected chi connectivity index (χ3v) is 6.52. The first-order chi connectivity index (χ1) is 15.0. The van der Waals surface area contributed by atoms with E-state index in [1.807, 2.05) is 23.6 Å². The number of fused-ring (bicyclic) bond motifs is 1. The van der Waals surface area contributed by atoms with Crippen molar-refractivity contribution >= 4 is 45.9 Å². The van der Waals surface area contributed by atoms with E-state index in [2.05, 4.69) is 17.4 Å². The maximum absolute atomic E-state index is 12.6. The largest absolute Gasteiger partial charge is 0.465 e. The number of benzene rings is 2. The minimum absolute atomic E-state index is 0.320. The van der Waals surface area contributed by atoms with Crippen LogP contribution in [0.15, 0.2) is 53.9 Å². The van der Waals surface area contributed by atoms with Crippen LogP contribution in [-0.2, 0) is 22.4 Å². The van der Waals surface area contributed by atoms with E-state index >= 15 is 0 Å². The predicted octanol–water partition coefficient (Wildman–Crippen LogP) is 6.39. The van der Waals surface area contributed by atoms with Gasteiger partial charge in [0, 0.05) is 22.0 Å². The van der Waals surface area contributed by atoms with Gasteiger partial charge in [0.2, 0.25) is 5.91 Å². The number of methoxy groups -OCH3 is 1. The van der Waals surface area contributed by atoms with E-state index in [1.54, 1.807) is 18.2 Å². The number of amides is 1. The number of carbonyl (C=O) groups excluding carboxylic acids is 2. The van der Waals surface area contributed by atoms with Crippen LogP contribution in [0.25, 0.3) is 17.2 Å². The highest BCUT2D eigenvalue weighted by Crippen LogP contribution is 2.37. The molecule has 1 N–H and O–H groups in total. The monoisotopic (exact) mass is 451 g/mol. The molecule has 0 aliphatic heterocycles. The average Bonchev–Trinajstić information content (AvgIpc) is 3.21. The number of ether oxygens (including phenoxy) is 1. The molecule has 6 heteroatoms. The summed E-state index contributed by atoms with van der Waals surface area (Å²) in [5.41, 5.74) is 5.70. The Morgan fingerprint density at radius 1 is 1.06 bits per heavy atom. The van der Waals surface area contributed by atoms with Crippen LogP contribution in [0.3, 0.4) is 0 Å². The van der Waals surface area contributed by atoms with Crippen LogP contribution >= 0.6 is 22.9 Å². The van der Waals surface area contributed by atoms with Gasteiger partial charge in [0.05, 0.1) is 7.11 Å². The first-order valence-corrected chi connectivity index (χ1v) is 11.4. The normalized spacial score (nSPS) is 13.1. The van der Waals surface area contributed by atoms with Crippen molar-refractivity contribution in [1.82, 2.24) is 0 Å². The van der Waals surface area contributed by atoms with Crippen LogP contribution in [0.2, 0.25) is 5.02 Å². The molecule has 0 saturated carbocycles. The van der Waals surface area contributed by atoms with E-state index in [9.17, 15) is 9.59 Å². The highest BCUT2D eigenvalue weighted by Gasteiger charge is 2.22. The summed E-state index contributed by atoms with van der Waals surface area (Å²) in [6, 6.07) is 13.5. The Hall–Kier alpha value is -2.89. The summed E-state index contributed by atoms with van der Waals surface area (Å²) in [5.74, 6) is -0.787. The van der Waals surface area contributed by atoms with Crippen molar-refractivity contribution < 1.29 is 14.3 Å². The third kappa shape index (κ3) is 4.89. The fourth-order valence-corrected chi connectivity index (χ4v) is 4.85. The molecule has 31 heavy (non-hydrogen) atoms. The fourth-order valence-electron chi connectivity index (χ4n) is 3.77. The van der Waals surface area contributed by atoms with Crippen molar-refractivity contribution in [3.05, 3.63) is 81.2 Å². The molecule has 0 radical (unpaired) electrons. The van der Waals surface area contributed by atoms with Gasteiger partial charge in [-0.3, -0.25) is 4.79 Å². The van der Waals surface area contributed by atoms with Gasteiger partial charge in [0.25, 0.3) is 0 Å². The predicted molar refractivity (Wildman–Crippen MR) is 127 cm³/mol. The van der Waals surface area contributed by atoms with Gasteiger partial charge in [0.15, 0.2) is 0 Å². The van der Waals surface area contributed by atoms with E-state index in [4.69, 9.17) is 16.3 Å². The van der Waals surface area contributed by atoms with E-state index < -0.39 is 5.97 Å².